The number of benzene rings is 3. The van der Waals surface area contributed by atoms with Crippen LogP contribution in [0.1, 0.15) is 81.3 Å². The summed E-state index contributed by atoms with van der Waals surface area (Å²) in [6, 6.07) is 25.5. The molecule has 1 heterocycles. The molecule has 0 saturated heterocycles. The quantitative estimate of drug-likeness (QED) is 0.144. The number of carboxylic acid groups (broad SMARTS) is 1. The molecule has 0 saturated carbocycles. The van der Waals surface area contributed by atoms with Crippen LogP contribution in [0.4, 0.5) is 0 Å². The molecule has 0 unspecified atom stereocenters. The second-order valence-corrected chi connectivity index (χ2v) is 12.2. The summed E-state index contributed by atoms with van der Waals surface area (Å²) in [5.74, 6) is -0.643. The van der Waals surface area contributed by atoms with E-state index in [1.165, 1.54) is 25.7 Å². The molecule has 0 aliphatic heterocycles. The summed E-state index contributed by atoms with van der Waals surface area (Å²) in [4.78, 5) is 24.7. The van der Waals surface area contributed by atoms with Gasteiger partial charge in [-0.2, -0.15) is 0 Å². The van der Waals surface area contributed by atoms with Crippen LogP contribution in [0.3, 0.4) is 0 Å². The Hall–Kier alpha value is -4.52. The summed E-state index contributed by atoms with van der Waals surface area (Å²) >= 11 is 0. The monoisotopic (exact) mass is 593 g/mol. The number of hydrogen-bond donors (Lipinski definition) is 2. The maximum Gasteiger partial charge on any atom is 0.326 e. The highest BCUT2D eigenvalue weighted by atomic mass is 16.5. The lowest BCUT2D eigenvalue weighted by molar-refractivity contribution is -0.139. The zero-order valence-corrected chi connectivity index (χ0v) is 26.2. The molecule has 1 aromatic heterocycles. The Morgan fingerprint density at radius 2 is 1.34 bits per heavy atom. The van der Waals surface area contributed by atoms with Crippen molar-refractivity contribution in [3.05, 3.63) is 102 Å². The van der Waals surface area contributed by atoms with Gasteiger partial charge in [0.1, 0.15) is 11.8 Å². The van der Waals surface area contributed by atoms with E-state index in [1.807, 2.05) is 72.8 Å². The molecule has 1 atom stereocenters. The number of aromatic nitrogens is 2. The summed E-state index contributed by atoms with van der Waals surface area (Å²) < 4.78 is 5.86. The average Bonchev–Trinajstić information content (AvgIpc) is 3.03. The molecule has 2 N–H and O–H groups in total. The minimum atomic E-state index is -1.09. The van der Waals surface area contributed by atoms with Crippen molar-refractivity contribution < 1.29 is 19.4 Å². The first-order valence-corrected chi connectivity index (χ1v) is 15.4. The number of nitrogens with one attached hydrogen (secondary N) is 1. The summed E-state index contributed by atoms with van der Waals surface area (Å²) in [5, 5.41) is 21.3. The fraction of sp³-hybridized carbons (Fsp3) is 0.351. The van der Waals surface area contributed by atoms with E-state index in [0.29, 0.717) is 11.3 Å². The lowest BCUT2D eigenvalue weighted by Gasteiger charge is -2.19. The van der Waals surface area contributed by atoms with Crippen molar-refractivity contribution in [2.24, 2.45) is 0 Å². The van der Waals surface area contributed by atoms with Gasteiger partial charge in [0.2, 0.25) is 0 Å². The molecule has 0 fully saturated rings. The van der Waals surface area contributed by atoms with E-state index in [1.54, 1.807) is 12.1 Å². The van der Waals surface area contributed by atoms with Gasteiger partial charge < -0.3 is 15.2 Å². The van der Waals surface area contributed by atoms with Crippen LogP contribution in [0.25, 0.3) is 22.5 Å². The molecule has 7 nitrogen and oxygen atoms in total. The molecule has 3 aromatic carbocycles. The number of carbonyl (C=O) groups is 2. The lowest BCUT2D eigenvalue weighted by Crippen LogP contribution is -2.42. The van der Waals surface area contributed by atoms with Gasteiger partial charge in [-0.3, -0.25) is 4.79 Å². The van der Waals surface area contributed by atoms with Crippen LogP contribution < -0.4 is 10.1 Å². The van der Waals surface area contributed by atoms with E-state index in [2.05, 4.69) is 43.2 Å². The molecule has 0 aliphatic carbocycles. The van der Waals surface area contributed by atoms with Gasteiger partial charge in [-0.05, 0) is 71.5 Å². The van der Waals surface area contributed by atoms with Crippen LogP contribution in [0.15, 0.2) is 84.9 Å². The zero-order chi connectivity index (χ0) is 31.5. The largest absolute Gasteiger partial charge is 0.494 e. The number of rotatable bonds is 14. The molecular weight excluding hydrogens is 550 g/mol. The Kier molecular flexibility index (Phi) is 11.2. The van der Waals surface area contributed by atoms with E-state index < -0.39 is 17.9 Å². The summed E-state index contributed by atoms with van der Waals surface area (Å²) in [5.41, 5.74) is 5.59. The number of nitrogens with zero attached hydrogens (tertiary/aromatic N) is 2. The minimum Gasteiger partial charge on any atom is -0.494 e. The fourth-order valence-corrected chi connectivity index (χ4v) is 4.87. The predicted octanol–water partition coefficient (Wildman–Crippen LogP) is 7.88. The third-order valence-corrected chi connectivity index (χ3v) is 7.64. The van der Waals surface area contributed by atoms with Crippen molar-refractivity contribution in [1.29, 1.82) is 0 Å². The van der Waals surface area contributed by atoms with Crippen LogP contribution in [-0.4, -0.2) is 39.8 Å². The number of hydrogen-bond acceptors (Lipinski definition) is 5. The van der Waals surface area contributed by atoms with Gasteiger partial charge in [0.15, 0.2) is 0 Å². The van der Waals surface area contributed by atoms with Gasteiger partial charge in [-0.25, -0.2) is 4.79 Å². The Bertz CT molecular complexity index is 1490. The molecular formula is C37H43N3O4. The van der Waals surface area contributed by atoms with Crippen LogP contribution in [0, 0.1) is 0 Å². The maximum absolute atomic E-state index is 12.8. The lowest BCUT2D eigenvalue weighted by atomic mass is 9.86. The second-order valence-electron chi connectivity index (χ2n) is 12.2. The van der Waals surface area contributed by atoms with Crippen LogP contribution >= 0.6 is 0 Å². The number of carboxylic acids is 1. The van der Waals surface area contributed by atoms with Crippen molar-refractivity contribution >= 4 is 11.9 Å². The fourth-order valence-electron chi connectivity index (χ4n) is 4.87. The molecule has 230 valence electrons. The third kappa shape index (κ3) is 9.24. The van der Waals surface area contributed by atoms with Crippen LogP contribution in [0.5, 0.6) is 5.75 Å². The van der Waals surface area contributed by atoms with Crippen molar-refractivity contribution in [3.63, 3.8) is 0 Å². The summed E-state index contributed by atoms with van der Waals surface area (Å²) in [7, 11) is 0. The molecule has 0 radical (unpaired) electrons. The molecule has 0 aliphatic rings. The number of unbranched alkanes of at least 4 members (excludes halogenated alkanes) is 4. The van der Waals surface area contributed by atoms with Gasteiger partial charge >= 0.3 is 5.97 Å². The first kappa shape index (κ1) is 32.4. The molecule has 1 amide bonds. The van der Waals surface area contributed by atoms with Gasteiger partial charge in [0.25, 0.3) is 5.91 Å². The molecule has 0 bridgehead atoms. The van der Waals surface area contributed by atoms with E-state index in [0.717, 1.165) is 46.7 Å². The van der Waals surface area contributed by atoms with Crippen molar-refractivity contribution in [1.82, 2.24) is 15.5 Å². The number of amides is 1. The Morgan fingerprint density at radius 3 is 1.86 bits per heavy atom. The van der Waals surface area contributed by atoms with E-state index in [9.17, 15) is 14.7 Å². The number of carbonyl (C=O) groups excluding carboxylic acids is 1. The molecule has 7 heteroatoms. The number of ether oxygens (including phenoxy) is 1. The second kappa shape index (κ2) is 15.3. The van der Waals surface area contributed by atoms with Crippen molar-refractivity contribution in [2.45, 2.75) is 77.7 Å². The zero-order valence-electron chi connectivity index (χ0n) is 26.2. The minimum absolute atomic E-state index is 0.0346. The first-order valence-electron chi connectivity index (χ1n) is 15.4. The molecule has 0 spiro atoms. The van der Waals surface area contributed by atoms with Gasteiger partial charge in [-0.15, -0.1) is 10.2 Å². The van der Waals surface area contributed by atoms with Crippen LogP contribution in [0.2, 0.25) is 0 Å². The van der Waals surface area contributed by atoms with E-state index in [-0.39, 0.29) is 11.8 Å². The first-order chi connectivity index (χ1) is 21.1. The Balaban J connectivity index is 1.32. The van der Waals surface area contributed by atoms with Crippen molar-refractivity contribution in [3.8, 4) is 28.3 Å². The highest BCUT2D eigenvalue weighted by molar-refractivity contribution is 5.96. The SMILES string of the molecule is CCCCCCCOc1ccc(-c2ccc(-c3ccc(C[C@H](NC(=O)c4ccc(C(C)(C)C)cc4)C(=O)O)cc3)nn2)cc1. The normalized spacial score (nSPS) is 12.0. The Morgan fingerprint density at radius 1 is 0.773 bits per heavy atom. The highest BCUT2D eigenvalue weighted by Crippen LogP contribution is 2.24. The summed E-state index contributed by atoms with van der Waals surface area (Å²) in [6.45, 7) is 9.24. The smallest absolute Gasteiger partial charge is 0.326 e. The van der Waals surface area contributed by atoms with Crippen molar-refractivity contribution in [2.75, 3.05) is 6.61 Å². The topological polar surface area (TPSA) is 101 Å². The predicted molar refractivity (Wildman–Crippen MR) is 175 cm³/mol. The van der Waals surface area contributed by atoms with E-state index >= 15 is 0 Å². The molecule has 44 heavy (non-hydrogen) atoms. The summed E-state index contributed by atoms with van der Waals surface area (Å²) in [6.07, 6.45) is 6.21. The van der Waals surface area contributed by atoms with Gasteiger partial charge in [0, 0.05) is 23.1 Å². The molecule has 4 aromatic rings. The standard InChI is InChI=1S/C37H43N3O4/c1-5-6-7-8-9-24-44-31-20-16-28(17-21-31)33-23-22-32(39-40-33)27-12-10-26(11-13-27)25-34(36(42)43)38-35(41)29-14-18-30(19-15-29)37(2,3)4/h10-23,34H,5-9,24-25H2,1-4H3,(H,38,41)(H,42,43)/t34-/m0/s1. The molecule has 4 rings (SSSR count). The third-order valence-electron chi connectivity index (χ3n) is 7.64. The van der Waals surface area contributed by atoms with Crippen LogP contribution in [-0.2, 0) is 16.6 Å². The number of aliphatic carboxylic acids is 1. The average molecular weight is 594 g/mol. The van der Waals surface area contributed by atoms with Gasteiger partial charge in [0.05, 0.1) is 18.0 Å². The van der Waals surface area contributed by atoms with Gasteiger partial charge in [-0.1, -0.05) is 89.8 Å². The Labute approximate surface area is 260 Å². The highest BCUT2D eigenvalue weighted by Gasteiger charge is 2.22. The van der Waals surface area contributed by atoms with E-state index in [4.69, 9.17) is 4.74 Å². The maximum atomic E-state index is 12.8.